The van der Waals surface area contributed by atoms with Gasteiger partial charge in [-0.15, -0.1) is 0 Å². The van der Waals surface area contributed by atoms with Gasteiger partial charge >= 0.3 is 0 Å². The van der Waals surface area contributed by atoms with Crippen LogP contribution in [-0.2, 0) is 0 Å². The number of halogens is 1. The van der Waals surface area contributed by atoms with E-state index >= 15 is 0 Å². The first-order chi connectivity index (χ1) is 6.67. The molecule has 76 valence electrons. The summed E-state index contributed by atoms with van der Waals surface area (Å²) in [6.07, 6.45) is 0. The Hall–Kier alpha value is -0.850. The Balaban J connectivity index is 2.84. The van der Waals surface area contributed by atoms with Crippen LogP contribution in [0, 0.1) is 0 Å². The third kappa shape index (κ3) is 2.83. The van der Waals surface area contributed by atoms with E-state index in [9.17, 15) is 0 Å². The van der Waals surface area contributed by atoms with E-state index in [-0.39, 0.29) is 0 Å². The van der Waals surface area contributed by atoms with E-state index < -0.39 is 0 Å². The summed E-state index contributed by atoms with van der Waals surface area (Å²) in [5.41, 5.74) is 3.15. The molecular weight excluding hydrogens is 266 g/mol. The van der Waals surface area contributed by atoms with Crippen LogP contribution in [0.1, 0.15) is 0 Å². The summed E-state index contributed by atoms with van der Waals surface area (Å²) in [7, 11) is 1.60. The number of nitrogens with two attached hydrogens (primary N) is 1. The van der Waals surface area contributed by atoms with Crippen molar-refractivity contribution in [3.8, 4) is 5.75 Å². The highest BCUT2D eigenvalue weighted by atomic mass is 79.9. The summed E-state index contributed by atoms with van der Waals surface area (Å²) in [6.45, 7) is 0. The highest BCUT2D eigenvalue weighted by Gasteiger charge is 2.01. The fourth-order valence-corrected chi connectivity index (χ4v) is 1.43. The molecular formula is C8H10BrN3OS. The molecule has 0 unspecified atom stereocenters. The molecule has 0 saturated heterocycles. The first-order valence-electron chi connectivity index (χ1n) is 3.78. The molecule has 6 heteroatoms. The van der Waals surface area contributed by atoms with Crippen LogP contribution < -0.4 is 21.3 Å². The van der Waals surface area contributed by atoms with Gasteiger partial charge in [-0.2, -0.15) is 0 Å². The Labute approximate surface area is 95.9 Å². The van der Waals surface area contributed by atoms with Gasteiger partial charge in [0.25, 0.3) is 0 Å². The third-order valence-electron chi connectivity index (χ3n) is 1.54. The Kier molecular flexibility index (Phi) is 4.12. The molecule has 0 heterocycles. The molecule has 0 amide bonds. The first-order valence-corrected chi connectivity index (χ1v) is 4.98. The zero-order valence-electron chi connectivity index (χ0n) is 7.50. The molecule has 14 heavy (non-hydrogen) atoms. The molecule has 0 aromatic heterocycles. The maximum absolute atomic E-state index is 5.13. The van der Waals surface area contributed by atoms with Gasteiger partial charge in [0.15, 0.2) is 5.11 Å². The summed E-state index contributed by atoms with van der Waals surface area (Å²) >= 11 is 8.20. The van der Waals surface area contributed by atoms with Crippen molar-refractivity contribution in [1.82, 2.24) is 5.43 Å². The predicted molar refractivity (Wildman–Crippen MR) is 64.2 cm³/mol. The minimum absolute atomic E-state index is 0.356. The summed E-state index contributed by atoms with van der Waals surface area (Å²) in [5, 5.41) is 3.24. The molecule has 0 fully saturated rings. The number of benzene rings is 1. The molecule has 0 spiro atoms. The van der Waals surface area contributed by atoms with Crippen LogP contribution in [0.5, 0.6) is 5.75 Å². The van der Waals surface area contributed by atoms with Crippen LogP contribution in [0.15, 0.2) is 22.7 Å². The van der Waals surface area contributed by atoms with Gasteiger partial charge in [-0.05, 0) is 40.3 Å². The monoisotopic (exact) mass is 275 g/mol. The normalized spacial score (nSPS) is 9.36. The Bertz CT molecular complexity index is 345. The third-order valence-corrected chi connectivity index (χ3v) is 2.42. The number of hydrazine groups is 1. The molecule has 0 atom stereocenters. The number of hydrogen-bond acceptors (Lipinski definition) is 3. The smallest absolute Gasteiger partial charge is 0.185 e. The zero-order valence-corrected chi connectivity index (χ0v) is 9.91. The van der Waals surface area contributed by atoms with E-state index in [1.54, 1.807) is 7.11 Å². The molecule has 4 nitrogen and oxygen atoms in total. The van der Waals surface area contributed by atoms with Crippen molar-refractivity contribution in [1.29, 1.82) is 0 Å². The maximum atomic E-state index is 5.13. The Morgan fingerprint density at radius 3 is 2.86 bits per heavy atom. The van der Waals surface area contributed by atoms with Gasteiger partial charge in [0.1, 0.15) is 5.75 Å². The summed E-state index contributed by atoms with van der Waals surface area (Å²) in [4.78, 5) is 0. The van der Waals surface area contributed by atoms with Gasteiger partial charge in [0, 0.05) is 11.8 Å². The van der Waals surface area contributed by atoms with E-state index in [4.69, 9.17) is 22.8 Å². The average Bonchev–Trinajstić information content (AvgIpc) is 2.20. The minimum Gasteiger partial charge on any atom is -0.495 e. The molecule has 0 aliphatic carbocycles. The summed E-state index contributed by atoms with van der Waals surface area (Å²) in [5.74, 6) is 5.86. The van der Waals surface area contributed by atoms with E-state index in [0.717, 1.165) is 15.9 Å². The lowest BCUT2D eigenvalue weighted by Gasteiger charge is -2.09. The Morgan fingerprint density at radius 2 is 2.29 bits per heavy atom. The van der Waals surface area contributed by atoms with Crippen molar-refractivity contribution in [2.24, 2.45) is 5.84 Å². The van der Waals surface area contributed by atoms with Crippen LogP contribution in [0.4, 0.5) is 5.69 Å². The highest BCUT2D eigenvalue weighted by Crippen LogP contribution is 2.27. The van der Waals surface area contributed by atoms with Gasteiger partial charge in [-0.1, -0.05) is 0 Å². The number of ether oxygens (including phenoxy) is 1. The van der Waals surface area contributed by atoms with Crippen LogP contribution in [-0.4, -0.2) is 12.2 Å². The van der Waals surface area contributed by atoms with Crippen molar-refractivity contribution in [2.75, 3.05) is 12.4 Å². The molecule has 0 bridgehead atoms. The lowest BCUT2D eigenvalue weighted by atomic mass is 10.3. The van der Waals surface area contributed by atoms with Crippen molar-refractivity contribution in [3.63, 3.8) is 0 Å². The number of nitrogens with one attached hydrogen (secondary N) is 2. The number of thiocarbonyl (C=S) groups is 1. The number of rotatable bonds is 2. The standard InChI is InChI=1S/C8H10BrN3OS/c1-13-7-4-5(2-3-6(7)9)11-8(14)12-10/h2-4H,10H2,1H3,(H2,11,12,14). The summed E-state index contributed by atoms with van der Waals surface area (Å²) in [6, 6.07) is 5.53. The van der Waals surface area contributed by atoms with Crippen molar-refractivity contribution in [3.05, 3.63) is 22.7 Å². The van der Waals surface area contributed by atoms with Crippen molar-refractivity contribution < 1.29 is 4.74 Å². The zero-order chi connectivity index (χ0) is 10.6. The SMILES string of the molecule is COc1cc(NC(=S)NN)ccc1Br. The topological polar surface area (TPSA) is 59.3 Å². The second-order valence-corrected chi connectivity index (χ2v) is 3.71. The highest BCUT2D eigenvalue weighted by molar-refractivity contribution is 9.10. The van der Waals surface area contributed by atoms with E-state index in [2.05, 4.69) is 26.7 Å². The molecule has 0 saturated carbocycles. The van der Waals surface area contributed by atoms with Crippen molar-refractivity contribution >= 4 is 38.9 Å². The van der Waals surface area contributed by atoms with E-state index in [1.807, 2.05) is 18.2 Å². The molecule has 0 aliphatic heterocycles. The maximum Gasteiger partial charge on any atom is 0.185 e. The van der Waals surface area contributed by atoms with Crippen LogP contribution >= 0.6 is 28.1 Å². The van der Waals surface area contributed by atoms with E-state index in [0.29, 0.717) is 5.11 Å². The fraction of sp³-hybridized carbons (Fsp3) is 0.125. The van der Waals surface area contributed by atoms with Gasteiger partial charge < -0.3 is 15.5 Å². The second kappa shape index (κ2) is 5.14. The van der Waals surface area contributed by atoms with Crippen LogP contribution in [0.25, 0.3) is 0 Å². The summed E-state index contributed by atoms with van der Waals surface area (Å²) < 4.78 is 6.01. The molecule has 0 aliphatic rings. The fourth-order valence-electron chi connectivity index (χ4n) is 0.905. The van der Waals surface area contributed by atoms with Crippen molar-refractivity contribution in [2.45, 2.75) is 0 Å². The first kappa shape index (κ1) is 11.2. The average molecular weight is 276 g/mol. The van der Waals surface area contributed by atoms with Gasteiger partial charge in [0.2, 0.25) is 0 Å². The molecule has 4 N–H and O–H groups in total. The number of methoxy groups -OCH3 is 1. The second-order valence-electron chi connectivity index (χ2n) is 2.45. The quantitative estimate of drug-likeness (QED) is 0.435. The lowest BCUT2D eigenvalue weighted by molar-refractivity contribution is 0.412. The van der Waals surface area contributed by atoms with E-state index in [1.165, 1.54) is 0 Å². The lowest BCUT2D eigenvalue weighted by Crippen LogP contribution is -2.34. The largest absolute Gasteiger partial charge is 0.495 e. The molecule has 1 aromatic carbocycles. The van der Waals surface area contributed by atoms with Gasteiger partial charge in [-0.25, -0.2) is 5.84 Å². The predicted octanol–water partition coefficient (Wildman–Crippen LogP) is 1.62. The van der Waals surface area contributed by atoms with Crippen LogP contribution in [0.2, 0.25) is 0 Å². The number of hydrogen-bond donors (Lipinski definition) is 3. The molecule has 0 radical (unpaired) electrons. The molecule has 1 aromatic rings. The van der Waals surface area contributed by atoms with Gasteiger partial charge in [0.05, 0.1) is 11.6 Å². The molecule has 1 rings (SSSR count). The minimum atomic E-state index is 0.356. The Morgan fingerprint density at radius 1 is 1.57 bits per heavy atom. The van der Waals surface area contributed by atoms with Gasteiger partial charge in [-0.3, -0.25) is 0 Å². The number of anilines is 1. The van der Waals surface area contributed by atoms with Crippen LogP contribution in [0.3, 0.4) is 0 Å².